The minimum Gasteiger partial charge on any atom is -0.477 e. The summed E-state index contributed by atoms with van der Waals surface area (Å²) in [5, 5.41) is 13.0. The molecule has 1 N–H and O–H groups in total. The zero-order valence-electron chi connectivity index (χ0n) is 9.84. The summed E-state index contributed by atoms with van der Waals surface area (Å²) in [7, 11) is 0. The van der Waals surface area contributed by atoms with Crippen LogP contribution in [0.25, 0.3) is 0 Å². The van der Waals surface area contributed by atoms with Crippen molar-refractivity contribution in [2.24, 2.45) is 0 Å². The summed E-state index contributed by atoms with van der Waals surface area (Å²) in [6.45, 7) is 4.53. The lowest BCUT2D eigenvalue weighted by Gasteiger charge is -2.07. The molecule has 0 bridgehead atoms. The maximum Gasteiger partial charge on any atom is 0.354 e. The van der Waals surface area contributed by atoms with Crippen molar-refractivity contribution in [2.75, 3.05) is 0 Å². The molecular formula is C13H14N2O2. The number of rotatable bonds is 3. The smallest absolute Gasteiger partial charge is 0.354 e. The lowest BCUT2D eigenvalue weighted by molar-refractivity contribution is 0.0684. The van der Waals surface area contributed by atoms with Crippen molar-refractivity contribution < 1.29 is 9.90 Å². The van der Waals surface area contributed by atoms with Gasteiger partial charge in [-0.2, -0.15) is 5.10 Å². The van der Waals surface area contributed by atoms with Crippen molar-refractivity contribution in [1.82, 2.24) is 9.78 Å². The third kappa shape index (κ3) is 2.53. The Hall–Kier alpha value is -2.10. The Morgan fingerprint density at radius 2 is 1.94 bits per heavy atom. The van der Waals surface area contributed by atoms with Crippen LogP contribution in [0.2, 0.25) is 0 Å². The van der Waals surface area contributed by atoms with E-state index in [1.807, 2.05) is 26.0 Å². The molecule has 0 saturated carbocycles. The number of benzene rings is 1. The number of hydrogen-bond donors (Lipinski definition) is 1. The van der Waals surface area contributed by atoms with E-state index in [0.717, 1.165) is 5.56 Å². The first-order chi connectivity index (χ1) is 8.06. The first-order valence-electron chi connectivity index (χ1n) is 5.38. The van der Waals surface area contributed by atoms with E-state index in [-0.39, 0.29) is 5.69 Å². The van der Waals surface area contributed by atoms with E-state index >= 15 is 0 Å². The number of hydrogen-bond acceptors (Lipinski definition) is 2. The van der Waals surface area contributed by atoms with E-state index in [1.165, 1.54) is 28.1 Å². The molecule has 0 radical (unpaired) electrons. The second kappa shape index (κ2) is 4.41. The highest BCUT2D eigenvalue weighted by Crippen LogP contribution is 2.11. The van der Waals surface area contributed by atoms with Crippen molar-refractivity contribution in [3.8, 4) is 0 Å². The zero-order valence-corrected chi connectivity index (χ0v) is 9.84. The molecule has 0 saturated heterocycles. The Labute approximate surface area is 99.5 Å². The monoisotopic (exact) mass is 230 g/mol. The lowest BCUT2D eigenvalue weighted by atomic mass is 10.1. The van der Waals surface area contributed by atoms with Crippen LogP contribution in [0.4, 0.5) is 0 Å². The number of aromatic carboxylic acids is 1. The van der Waals surface area contributed by atoms with Crippen LogP contribution in [0.5, 0.6) is 0 Å². The molecule has 2 rings (SSSR count). The molecule has 0 spiro atoms. The van der Waals surface area contributed by atoms with Crippen LogP contribution in [0, 0.1) is 13.8 Å². The summed E-state index contributed by atoms with van der Waals surface area (Å²) < 4.78 is 1.50. The first kappa shape index (κ1) is 11.4. The van der Waals surface area contributed by atoms with Gasteiger partial charge in [-0.15, -0.1) is 0 Å². The maximum atomic E-state index is 10.9. The fourth-order valence-electron chi connectivity index (χ4n) is 1.97. The van der Waals surface area contributed by atoms with Gasteiger partial charge < -0.3 is 5.11 Å². The number of aryl methyl sites for hydroxylation is 2. The molecule has 88 valence electrons. The molecule has 0 aliphatic rings. The number of carboxylic acid groups (broad SMARTS) is 1. The normalized spacial score (nSPS) is 10.5. The Kier molecular flexibility index (Phi) is 2.95. The molecule has 2 aromatic rings. The summed E-state index contributed by atoms with van der Waals surface area (Å²) >= 11 is 0. The van der Waals surface area contributed by atoms with Crippen molar-refractivity contribution in [2.45, 2.75) is 20.4 Å². The second-order valence-electron chi connectivity index (χ2n) is 4.18. The van der Waals surface area contributed by atoms with Gasteiger partial charge in [-0.25, -0.2) is 4.79 Å². The predicted octanol–water partition coefficient (Wildman–Crippen LogP) is 2.25. The van der Waals surface area contributed by atoms with Gasteiger partial charge in [0.25, 0.3) is 0 Å². The average molecular weight is 230 g/mol. The van der Waals surface area contributed by atoms with E-state index in [1.54, 1.807) is 0 Å². The molecule has 1 aromatic carbocycles. The molecule has 4 heteroatoms. The molecule has 0 unspecified atom stereocenters. The molecule has 0 atom stereocenters. The van der Waals surface area contributed by atoms with E-state index in [9.17, 15) is 4.79 Å². The van der Waals surface area contributed by atoms with E-state index in [4.69, 9.17) is 5.11 Å². The highest BCUT2D eigenvalue weighted by molar-refractivity contribution is 5.85. The summed E-state index contributed by atoms with van der Waals surface area (Å²) in [4.78, 5) is 10.9. The fourth-order valence-corrected chi connectivity index (χ4v) is 1.97. The first-order valence-corrected chi connectivity index (χ1v) is 5.38. The van der Waals surface area contributed by atoms with Crippen molar-refractivity contribution in [1.29, 1.82) is 0 Å². The number of carboxylic acids is 1. The Bertz CT molecular complexity index is 538. The molecule has 0 fully saturated rings. The lowest BCUT2D eigenvalue weighted by Crippen LogP contribution is -2.11. The molecule has 0 aliphatic heterocycles. The van der Waals surface area contributed by atoms with Gasteiger partial charge in [0, 0.05) is 6.20 Å². The molecular weight excluding hydrogens is 216 g/mol. The van der Waals surface area contributed by atoms with Gasteiger partial charge >= 0.3 is 5.97 Å². The maximum absolute atomic E-state index is 10.9. The molecule has 17 heavy (non-hydrogen) atoms. The van der Waals surface area contributed by atoms with Gasteiger partial charge in [-0.1, -0.05) is 29.3 Å². The number of carbonyl (C=O) groups is 1. The summed E-state index contributed by atoms with van der Waals surface area (Å²) in [6.07, 6.45) is 1.51. The Balaban J connectivity index is 2.31. The topological polar surface area (TPSA) is 55.1 Å². The summed E-state index contributed by atoms with van der Waals surface area (Å²) in [6, 6.07) is 7.68. The highest BCUT2D eigenvalue weighted by Gasteiger charge is 2.10. The molecule has 1 heterocycles. The Morgan fingerprint density at radius 3 is 2.53 bits per heavy atom. The SMILES string of the molecule is Cc1cc(C)cc(Cn2nccc2C(=O)O)c1. The van der Waals surface area contributed by atoms with Crippen LogP contribution in [0.15, 0.2) is 30.5 Å². The van der Waals surface area contributed by atoms with Crippen LogP contribution < -0.4 is 0 Å². The van der Waals surface area contributed by atoms with Gasteiger partial charge in [0.15, 0.2) is 0 Å². The van der Waals surface area contributed by atoms with Gasteiger partial charge in [0.2, 0.25) is 0 Å². The highest BCUT2D eigenvalue weighted by atomic mass is 16.4. The summed E-state index contributed by atoms with van der Waals surface area (Å²) in [5.41, 5.74) is 3.62. The average Bonchev–Trinajstić information content (AvgIpc) is 2.63. The molecule has 0 amide bonds. The molecule has 4 nitrogen and oxygen atoms in total. The largest absolute Gasteiger partial charge is 0.477 e. The zero-order chi connectivity index (χ0) is 12.4. The fraction of sp³-hybridized carbons (Fsp3) is 0.231. The number of aromatic nitrogens is 2. The van der Waals surface area contributed by atoms with E-state index < -0.39 is 5.97 Å². The standard InChI is InChI=1S/C13H14N2O2/c1-9-5-10(2)7-11(6-9)8-15-12(13(16)17)3-4-14-15/h3-7H,8H2,1-2H3,(H,16,17). The minimum atomic E-state index is -0.952. The van der Waals surface area contributed by atoms with Crippen molar-refractivity contribution in [3.05, 3.63) is 52.8 Å². The summed E-state index contributed by atoms with van der Waals surface area (Å²) in [5.74, 6) is -0.952. The van der Waals surface area contributed by atoms with Crippen LogP contribution in [0.3, 0.4) is 0 Å². The minimum absolute atomic E-state index is 0.212. The van der Waals surface area contributed by atoms with Gasteiger partial charge in [-0.3, -0.25) is 4.68 Å². The van der Waals surface area contributed by atoms with Crippen molar-refractivity contribution in [3.63, 3.8) is 0 Å². The van der Waals surface area contributed by atoms with Gasteiger partial charge in [0.1, 0.15) is 5.69 Å². The van der Waals surface area contributed by atoms with Gasteiger partial charge in [0.05, 0.1) is 6.54 Å². The third-order valence-electron chi connectivity index (χ3n) is 2.55. The van der Waals surface area contributed by atoms with Crippen LogP contribution in [-0.2, 0) is 6.54 Å². The number of nitrogens with zero attached hydrogens (tertiary/aromatic N) is 2. The second-order valence-corrected chi connectivity index (χ2v) is 4.18. The third-order valence-corrected chi connectivity index (χ3v) is 2.55. The quantitative estimate of drug-likeness (QED) is 0.879. The van der Waals surface area contributed by atoms with Crippen LogP contribution in [0.1, 0.15) is 27.2 Å². The molecule has 1 aromatic heterocycles. The molecule has 0 aliphatic carbocycles. The van der Waals surface area contributed by atoms with Gasteiger partial charge in [-0.05, 0) is 25.5 Å². The van der Waals surface area contributed by atoms with Crippen LogP contribution >= 0.6 is 0 Å². The van der Waals surface area contributed by atoms with E-state index in [2.05, 4.69) is 11.2 Å². The van der Waals surface area contributed by atoms with Crippen LogP contribution in [-0.4, -0.2) is 20.9 Å². The Morgan fingerprint density at radius 1 is 1.29 bits per heavy atom. The predicted molar refractivity (Wildman–Crippen MR) is 64.2 cm³/mol. The van der Waals surface area contributed by atoms with E-state index in [0.29, 0.717) is 6.54 Å². The van der Waals surface area contributed by atoms with Crippen molar-refractivity contribution >= 4 is 5.97 Å².